The van der Waals surface area contributed by atoms with Crippen LogP contribution in [0.5, 0.6) is 0 Å². The molecular formula is C13H27N3O2S. The van der Waals surface area contributed by atoms with Crippen molar-refractivity contribution in [2.45, 2.75) is 38.6 Å². The lowest BCUT2D eigenvalue weighted by Gasteiger charge is -2.32. The minimum absolute atomic E-state index is 0.111. The first kappa shape index (κ1) is 15.2. The molecule has 6 heteroatoms. The van der Waals surface area contributed by atoms with Gasteiger partial charge in [-0.05, 0) is 57.8 Å². The SMILES string of the molecule is CCN1CCCC(NS(=O)(=O)CC2CCNCC2)C1. The van der Waals surface area contributed by atoms with Crippen LogP contribution >= 0.6 is 0 Å². The summed E-state index contributed by atoms with van der Waals surface area (Å²) in [6.07, 6.45) is 4.02. The monoisotopic (exact) mass is 289 g/mol. The van der Waals surface area contributed by atoms with E-state index in [1.807, 2.05) is 0 Å². The first-order valence-corrected chi connectivity index (χ1v) is 9.17. The molecule has 1 unspecified atom stereocenters. The van der Waals surface area contributed by atoms with Gasteiger partial charge in [0, 0.05) is 12.6 Å². The highest BCUT2D eigenvalue weighted by atomic mass is 32.2. The Kier molecular flexibility index (Phi) is 5.62. The van der Waals surface area contributed by atoms with Gasteiger partial charge in [0.25, 0.3) is 0 Å². The molecule has 2 aliphatic heterocycles. The molecule has 19 heavy (non-hydrogen) atoms. The third kappa shape index (κ3) is 5.02. The first-order chi connectivity index (χ1) is 9.09. The third-order valence-corrected chi connectivity index (χ3v) is 5.82. The summed E-state index contributed by atoms with van der Waals surface area (Å²) in [7, 11) is -3.12. The molecule has 0 saturated carbocycles. The number of hydrogen-bond donors (Lipinski definition) is 2. The largest absolute Gasteiger partial charge is 0.317 e. The molecule has 0 aromatic heterocycles. The Morgan fingerprint density at radius 1 is 1.26 bits per heavy atom. The first-order valence-electron chi connectivity index (χ1n) is 7.52. The molecule has 2 rings (SSSR count). The summed E-state index contributed by atoms with van der Waals surface area (Å²) in [5, 5.41) is 3.27. The Labute approximate surface area is 117 Å². The van der Waals surface area contributed by atoms with Crippen molar-refractivity contribution in [3.63, 3.8) is 0 Å². The van der Waals surface area contributed by atoms with Crippen LogP contribution in [0.15, 0.2) is 0 Å². The summed E-state index contributed by atoms with van der Waals surface area (Å²) in [5.74, 6) is 0.627. The highest BCUT2D eigenvalue weighted by Crippen LogP contribution is 2.15. The van der Waals surface area contributed by atoms with Crippen LogP contribution in [0.25, 0.3) is 0 Å². The van der Waals surface area contributed by atoms with Gasteiger partial charge in [0.15, 0.2) is 0 Å². The molecule has 1 atom stereocenters. The van der Waals surface area contributed by atoms with Gasteiger partial charge in [0.1, 0.15) is 0 Å². The number of nitrogens with one attached hydrogen (secondary N) is 2. The average Bonchev–Trinajstić information content (AvgIpc) is 2.39. The molecule has 2 N–H and O–H groups in total. The number of hydrogen-bond acceptors (Lipinski definition) is 4. The van der Waals surface area contributed by atoms with Crippen LogP contribution in [0.3, 0.4) is 0 Å². The van der Waals surface area contributed by atoms with E-state index in [1.165, 1.54) is 0 Å². The van der Waals surface area contributed by atoms with Crippen LogP contribution in [0, 0.1) is 5.92 Å². The Bertz CT molecular complexity index is 366. The molecule has 0 spiro atoms. The van der Waals surface area contributed by atoms with Crippen molar-refractivity contribution < 1.29 is 8.42 Å². The maximum Gasteiger partial charge on any atom is 0.212 e. The maximum atomic E-state index is 12.2. The van der Waals surface area contributed by atoms with Crippen molar-refractivity contribution in [2.75, 3.05) is 38.5 Å². The quantitative estimate of drug-likeness (QED) is 0.769. The van der Waals surface area contributed by atoms with Crippen LogP contribution in [0.1, 0.15) is 32.6 Å². The normalized spacial score (nSPS) is 27.5. The zero-order valence-corrected chi connectivity index (χ0v) is 12.7. The Balaban J connectivity index is 1.82. The molecule has 5 nitrogen and oxygen atoms in total. The summed E-state index contributed by atoms with van der Waals surface area (Å²) < 4.78 is 27.3. The highest BCUT2D eigenvalue weighted by Gasteiger charge is 2.26. The predicted molar refractivity (Wildman–Crippen MR) is 77.7 cm³/mol. The van der Waals surface area contributed by atoms with Crippen molar-refractivity contribution in [2.24, 2.45) is 5.92 Å². The van der Waals surface area contributed by atoms with Gasteiger partial charge in [-0.2, -0.15) is 0 Å². The molecule has 2 aliphatic rings. The molecule has 2 heterocycles. The van der Waals surface area contributed by atoms with E-state index < -0.39 is 10.0 Å². The van der Waals surface area contributed by atoms with Gasteiger partial charge in [-0.15, -0.1) is 0 Å². The number of sulfonamides is 1. The van der Waals surface area contributed by atoms with Crippen LogP contribution in [-0.4, -0.2) is 57.8 Å². The summed E-state index contributed by atoms with van der Waals surface area (Å²) in [4.78, 5) is 2.32. The molecule has 0 aromatic carbocycles. The van der Waals surface area contributed by atoms with Gasteiger partial charge in [-0.3, -0.25) is 0 Å². The van der Waals surface area contributed by atoms with Crippen LogP contribution in [0.4, 0.5) is 0 Å². The lowest BCUT2D eigenvalue weighted by atomic mass is 10.0. The van der Waals surface area contributed by atoms with Crippen molar-refractivity contribution >= 4 is 10.0 Å². The standard InChI is InChI=1S/C13H27N3O2S/c1-2-16-9-3-4-13(10-16)15-19(17,18)11-12-5-7-14-8-6-12/h12-15H,2-11H2,1H3. The number of nitrogens with zero attached hydrogens (tertiary/aromatic N) is 1. The molecular weight excluding hydrogens is 262 g/mol. The highest BCUT2D eigenvalue weighted by molar-refractivity contribution is 7.89. The molecule has 0 bridgehead atoms. The zero-order valence-electron chi connectivity index (χ0n) is 11.9. The lowest BCUT2D eigenvalue weighted by molar-refractivity contribution is 0.211. The predicted octanol–water partition coefficient (Wildman–Crippen LogP) is 0.390. The van der Waals surface area contributed by atoms with Crippen molar-refractivity contribution in [1.29, 1.82) is 0 Å². The van der Waals surface area contributed by atoms with E-state index >= 15 is 0 Å². The molecule has 2 saturated heterocycles. The van der Waals surface area contributed by atoms with E-state index in [1.54, 1.807) is 0 Å². The summed E-state index contributed by atoms with van der Waals surface area (Å²) >= 11 is 0. The van der Waals surface area contributed by atoms with Gasteiger partial charge in [0.05, 0.1) is 5.75 Å². The Hall–Kier alpha value is -0.170. The van der Waals surface area contributed by atoms with E-state index in [0.29, 0.717) is 11.7 Å². The van der Waals surface area contributed by atoms with E-state index in [9.17, 15) is 8.42 Å². The van der Waals surface area contributed by atoms with Crippen molar-refractivity contribution in [3.05, 3.63) is 0 Å². The van der Waals surface area contributed by atoms with Crippen molar-refractivity contribution in [3.8, 4) is 0 Å². The van der Waals surface area contributed by atoms with Gasteiger partial charge in [-0.1, -0.05) is 6.92 Å². The minimum Gasteiger partial charge on any atom is -0.317 e. The van der Waals surface area contributed by atoms with Crippen molar-refractivity contribution in [1.82, 2.24) is 14.9 Å². The van der Waals surface area contributed by atoms with Crippen LogP contribution in [0.2, 0.25) is 0 Å². The maximum absolute atomic E-state index is 12.2. The molecule has 112 valence electrons. The van der Waals surface area contributed by atoms with Crippen LogP contribution in [-0.2, 0) is 10.0 Å². The fourth-order valence-electron chi connectivity index (χ4n) is 3.10. The average molecular weight is 289 g/mol. The third-order valence-electron chi connectivity index (χ3n) is 4.21. The van der Waals surface area contributed by atoms with Gasteiger partial charge in [0.2, 0.25) is 10.0 Å². The van der Waals surface area contributed by atoms with Gasteiger partial charge >= 0.3 is 0 Å². The second-order valence-corrected chi connectivity index (χ2v) is 7.62. The lowest BCUT2D eigenvalue weighted by Crippen LogP contribution is -2.48. The minimum atomic E-state index is -3.12. The number of rotatable bonds is 5. The van der Waals surface area contributed by atoms with E-state index in [-0.39, 0.29) is 6.04 Å². The number of likely N-dealkylation sites (tertiary alicyclic amines) is 1. The molecule has 0 radical (unpaired) electrons. The second kappa shape index (κ2) is 7.02. The fourth-order valence-corrected chi connectivity index (χ4v) is 4.85. The smallest absolute Gasteiger partial charge is 0.212 e. The fraction of sp³-hybridized carbons (Fsp3) is 1.00. The molecule has 2 fully saturated rings. The van der Waals surface area contributed by atoms with Gasteiger partial charge < -0.3 is 10.2 Å². The summed E-state index contributed by atoms with van der Waals surface area (Å²) in [6.45, 7) is 7.00. The molecule has 0 amide bonds. The van der Waals surface area contributed by atoms with E-state index in [2.05, 4.69) is 21.9 Å². The topological polar surface area (TPSA) is 61.4 Å². The van der Waals surface area contributed by atoms with Gasteiger partial charge in [-0.25, -0.2) is 13.1 Å². The molecule has 0 aliphatic carbocycles. The van der Waals surface area contributed by atoms with E-state index in [4.69, 9.17) is 0 Å². The number of likely N-dealkylation sites (N-methyl/N-ethyl adjacent to an activating group) is 1. The number of piperidine rings is 2. The van der Waals surface area contributed by atoms with Crippen LogP contribution < -0.4 is 10.0 Å². The summed E-state index contributed by atoms with van der Waals surface area (Å²) in [5.41, 5.74) is 0. The molecule has 0 aromatic rings. The Morgan fingerprint density at radius 2 is 2.00 bits per heavy atom. The Morgan fingerprint density at radius 3 is 2.68 bits per heavy atom. The zero-order chi connectivity index (χ0) is 13.7. The van der Waals surface area contributed by atoms with E-state index in [0.717, 1.165) is 58.4 Å². The summed E-state index contributed by atoms with van der Waals surface area (Å²) in [6, 6.07) is 0.111. The second-order valence-electron chi connectivity index (χ2n) is 5.83.